The van der Waals surface area contributed by atoms with E-state index in [0.29, 0.717) is 30.8 Å². The number of piperidine rings is 1. The minimum absolute atomic E-state index is 0.193. The third kappa shape index (κ3) is 3.79. The van der Waals surface area contributed by atoms with Crippen LogP contribution >= 0.6 is 11.6 Å². The molecule has 32 heavy (non-hydrogen) atoms. The Morgan fingerprint density at radius 3 is 2.62 bits per heavy atom. The van der Waals surface area contributed by atoms with Gasteiger partial charge in [0.05, 0.1) is 27.6 Å². The molecule has 1 aliphatic rings. The van der Waals surface area contributed by atoms with Gasteiger partial charge in [0.1, 0.15) is 5.52 Å². The SMILES string of the molecule is C[C@@H]1CN(c2nn(C(=O)c3c(Cl)cccc3C(F)(F)F)c3cccnc23)CC[C@@H]1C(=O)O. The second kappa shape index (κ2) is 8.09. The van der Waals surface area contributed by atoms with Crippen LogP contribution in [0.5, 0.6) is 0 Å². The largest absolute Gasteiger partial charge is 0.481 e. The van der Waals surface area contributed by atoms with E-state index in [1.807, 2.05) is 6.92 Å². The summed E-state index contributed by atoms with van der Waals surface area (Å²) < 4.78 is 41.5. The van der Waals surface area contributed by atoms with Crippen molar-refractivity contribution >= 4 is 40.3 Å². The first-order valence-electron chi connectivity index (χ1n) is 9.81. The molecule has 0 bridgehead atoms. The molecule has 1 aromatic carbocycles. The predicted octanol–water partition coefficient (Wildman–Crippen LogP) is 4.34. The third-order valence-electron chi connectivity index (χ3n) is 5.67. The summed E-state index contributed by atoms with van der Waals surface area (Å²) in [5, 5.41) is 13.3. The van der Waals surface area contributed by atoms with Gasteiger partial charge < -0.3 is 10.0 Å². The molecule has 3 aromatic rings. The van der Waals surface area contributed by atoms with Crippen molar-refractivity contribution in [2.75, 3.05) is 18.0 Å². The van der Waals surface area contributed by atoms with E-state index in [-0.39, 0.29) is 16.5 Å². The number of anilines is 1. The summed E-state index contributed by atoms with van der Waals surface area (Å²) >= 11 is 6.01. The van der Waals surface area contributed by atoms with Gasteiger partial charge in [0.15, 0.2) is 5.82 Å². The average molecular weight is 467 g/mol. The van der Waals surface area contributed by atoms with Crippen molar-refractivity contribution in [2.24, 2.45) is 11.8 Å². The van der Waals surface area contributed by atoms with Crippen LogP contribution in [0.25, 0.3) is 11.0 Å². The van der Waals surface area contributed by atoms with Crippen LogP contribution in [-0.4, -0.2) is 44.8 Å². The first-order chi connectivity index (χ1) is 15.1. The highest BCUT2D eigenvalue weighted by Crippen LogP contribution is 2.37. The van der Waals surface area contributed by atoms with Gasteiger partial charge in [-0.3, -0.25) is 14.6 Å². The Morgan fingerprint density at radius 2 is 1.97 bits per heavy atom. The van der Waals surface area contributed by atoms with Gasteiger partial charge >= 0.3 is 12.1 Å². The Hall–Kier alpha value is -3.14. The van der Waals surface area contributed by atoms with Gasteiger partial charge in [-0.1, -0.05) is 24.6 Å². The van der Waals surface area contributed by atoms with Crippen LogP contribution in [0.2, 0.25) is 5.02 Å². The highest BCUT2D eigenvalue weighted by molar-refractivity contribution is 6.34. The number of nitrogens with zero attached hydrogens (tertiary/aromatic N) is 4. The molecule has 7 nitrogen and oxygen atoms in total. The van der Waals surface area contributed by atoms with E-state index in [9.17, 15) is 27.9 Å². The van der Waals surface area contributed by atoms with Gasteiger partial charge in [-0.15, -0.1) is 5.10 Å². The smallest absolute Gasteiger partial charge is 0.417 e. The van der Waals surface area contributed by atoms with E-state index in [1.54, 1.807) is 11.0 Å². The molecule has 0 radical (unpaired) electrons. The molecule has 2 aromatic heterocycles. The number of carboxylic acids is 1. The number of alkyl halides is 3. The summed E-state index contributed by atoms with van der Waals surface area (Å²) in [6, 6.07) is 6.22. The van der Waals surface area contributed by atoms with Gasteiger partial charge in [-0.2, -0.15) is 17.9 Å². The maximum atomic E-state index is 13.6. The predicted molar refractivity (Wildman–Crippen MR) is 111 cm³/mol. The minimum atomic E-state index is -4.78. The number of aromatic nitrogens is 3. The number of carbonyl (C=O) groups excluding carboxylic acids is 1. The van der Waals surface area contributed by atoms with Gasteiger partial charge in [-0.05, 0) is 36.6 Å². The summed E-state index contributed by atoms with van der Waals surface area (Å²) in [6.07, 6.45) is -2.92. The molecule has 0 unspecified atom stereocenters. The Morgan fingerprint density at radius 1 is 1.22 bits per heavy atom. The molecule has 11 heteroatoms. The zero-order valence-corrected chi connectivity index (χ0v) is 17.6. The van der Waals surface area contributed by atoms with Crippen LogP contribution in [0.1, 0.15) is 29.3 Å². The van der Waals surface area contributed by atoms with Crippen molar-refractivity contribution in [3.05, 3.63) is 52.7 Å². The maximum Gasteiger partial charge on any atom is 0.417 e. The lowest BCUT2D eigenvalue weighted by atomic mass is 9.87. The number of hydrogen-bond acceptors (Lipinski definition) is 5. The molecule has 1 N–H and O–H groups in total. The van der Waals surface area contributed by atoms with Crippen LogP contribution in [0, 0.1) is 11.8 Å². The van der Waals surface area contributed by atoms with E-state index in [0.717, 1.165) is 16.8 Å². The molecule has 1 aliphatic heterocycles. The first kappa shape index (κ1) is 22.1. The Labute approximate surface area is 185 Å². The van der Waals surface area contributed by atoms with Gasteiger partial charge in [0.25, 0.3) is 5.91 Å². The molecule has 0 spiro atoms. The molecule has 1 saturated heterocycles. The fourth-order valence-electron chi connectivity index (χ4n) is 4.09. The number of carbonyl (C=O) groups is 2. The number of rotatable bonds is 3. The lowest BCUT2D eigenvalue weighted by Crippen LogP contribution is -2.42. The monoisotopic (exact) mass is 466 g/mol. The molecule has 1 fully saturated rings. The lowest BCUT2D eigenvalue weighted by Gasteiger charge is -2.35. The summed E-state index contributed by atoms with van der Waals surface area (Å²) in [4.78, 5) is 30.7. The number of carboxylic acid groups (broad SMARTS) is 1. The summed E-state index contributed by atoms with van der Waals surface area (Å²) in [5.41, 5.74) is -1.28. The van der Waals surface area contributed by atoms with Crippen molar-refractivity contribution in [1.82, 2.24) is 14.8 Å². The fraction of sp³-hybridized carbons (Fsp3) is 0.333. The molecular formula is C21H18ClF3N4O3. The number of hydrogen-bond donors (Lipinski definition) is 1. The molecule has 0 amide bonds. The Balaban J connectivity index is 1.80. The molecule has 2 atom stereocenters. The van der Waals surface area contributed by atoms with E-state index in [1.165, 1.54) is 18.3 Å². The molecule has 168 valence electrons. The van der Waals surface area contributed by atoms with Crippen molar-refractivity contribution in [2.45, 2.75) is 19.5 Å². The number of fused-ring (bicyclic) bond motifs is 1. The normalized spacial score (nSPS) is 19.3. The van der Waals surface area contributed by atoms with Gasteiger partial charge in [-0.25, -0.2) is 0 Å². The van der Waals surface area contributed by atoms with Crippen LogP contribution in [0.3, 0.4) is 0 Å². The van der Waals surface area contributed by atoms with E-state index in [4.69, 9.17) is 11.6 Å². The molecule has 3 heterocycles. The van der Waals surface area contributed by atoms with Gasteiger partial charge in [0, 0.05) is 19.3 Å². The summed E-state index contributed by atoms with van der Waals surface area (Å²) in [6.45, 7) is 2.52. The average Bonchev–Trinajstić information content (AvgIpc) is 3.12. The van der Waals surface area contributed by atoms with E-state index in [2.05, 4.69) is 10.1 Å². The van der Waals surface area contributed by atoms with Crippen molar-refractivity contribution in [3.63, 3.8) is 0 Å². The van der Waals surface area contributed by atoms with Crippen LogP contribution in [0.15, 0.2) is 36.5 Å². The molecule has 0 aliphatic carbocycles. The van der Waals surface area contributed by atoms with Crippen LogP contribution in [0.4, 0.5) is 19.0 Å². The Kier molecular flexibility index (Phi) is 5.58. The topological polar surface area (TPSA) is 88.3 Å². The van der Waals surface area contributed by atoms with Crippen molar-refractivity contribution in [1.29, 1.82) is 0 Å². The van der Waals surface area contributed by atoms with Crippen molar-refractivity contribution in [3.8, 4) is 0 Å². The van der Waals surface area contributed by atoms with E-state index < -0.39 is 35.1 Å². The highest BCUT2D eigenvalue weighted by Gasteiger charge is 2.38. The zero-order valence-electron chi connectivity index (χ0n) is 16.8. The second-order valence-electron chi connectivity index (χ2n) is 7.73. The number of pyridine rings is 1. The van der Waals surface area contributed by atoms with Crippen LogP contribution < -0.4 is 4.90 Å². The zero-order chi connectivity index (χ0) is 23.2. The van der Waals surface area contributed by atoms with Gasteiger partial charge in [0.2, 0.25) is 0 Å². The fourth-order valence-corrected chi connectivity index (χ4v) is 4.35. The standard InChI is InChI=1S/C21H18ClF3N4O3/c1-11-10-28(9-7-12(11)20(31)32)18-17-15(6-3-8-26-17)29(27-18)19(30)16-13(21(23,24)25)4-2-5-14(16)22/h2-6,8,11-12H,7,9-10H2,1H3,(H,31,32)/t11-,12+/m1/s1. The molecule has 4 rings (SSSR count). The molecule has 0 saturated carbocycles. The van der Waals surface area contributed by atoms with Crippen LogP contribution in [-0.2, 0) is 11.0 Å². The maximum absolute atomic E-state index is 13.6. The third-order valence-corrected chi connectivity index (χ3v) is 5.98. The first-order valence-corrected chi connectivity index (χ1v) is 10.2. The summed E-state index contributed by atoms with van der Waals surface area (Å²) in [7, 11) is 0. The van der Waals surface area contributed by atoms with E-state index >= 15 is 0 Å². The lowest BCUT2D eigenvalue weighted by molar-refractivity contribution is -0.144. The highest BCUT2D eigenvalue weighted by atomic mass is 35.5. The number of aliphatic carboxylic acids is 1. The number of benzene rings is 1. The summed E-state index contributed by atoms with van der Waals surface area (Å²) in [5.74, 6) is -2.29. The second-order valence-corrected chi connectivity index (χ2v) is 8.14. The van der Waals surface area contributed by atoms with Crippen molar-refractivity contribution < 1.29 is 27.9 Å². The quantitative estimate of drug-likeness (QED) is 0.618. The minimum Gasteiger partial charge on any atom is -0.481 e. The molecular weight excluding hydrogens is 449 g/mol. The number of halogens is 4. The Bertz CT molecular complexity index is 1210.